The van der Waals surface area contributed by atoms with Crippen molar-refractivity contribution in [2.24, 2.45) is 11.8 Å². The van der Waals surface area contributed by atoms with E-state index in [-0.39, 0.29) is 49.0 Å². The molecular formula is C21H23NO6. The van der Waals surface area contributed by atoms with Crippen LogP contribution in [-0.2, 0) is 19.1 Å². The molecule has 2 atom stereocenters. The Morgan fingerprint density at radius 3 is 2.21 bits per heavy atom. The van der Waals surface area contributed by atoms with Gasteiger partial charge in [-0.05, 0) is 44.0 Å². The number of benzene rings is 1. The summed E-state index contributed by atoms with van der Waals surface area (Å²) in [6.45, 7) is 2.00. The summed E-state index contributed by atoms with van der Waals surface area (Å²) < 4.78 is 10.3. The Labute approximate surface area is 163 Å². The molecule has 0 radical (unpaired) electrons. The van der Waals surface area contributed by atoms with Gasteiger partial charge in [0.2, 0.25) is 11.8 Å². The number of Topliss-reactive ketones (excluding diaryl/α,β-unsaturated/α-hetero) is 1. The van der Waals surface area contributed by atoms with Crippen LogP contribution in [0.5, 0.6) is 5.75 Å². The van der Waals surface area contributed by atoms with Gasteiger partial charge in [0, 0.05) is 12.1 Å². The van der Waals surface area contributed by atoms with E-state index in [1.54, 1.807) is 24.3 Å². The predicted molar refractivity (Wildman–Crippen MR) is 99.6 cm³/mol. The number of rotatable bonds is 8. The number of allylic oxidation sites excluding steroid dienone is 2. The number of nitrogens with zero attached hydrogens (tertiary/aromatic N) is 1. The van der Waals surface area contributed by atoms with Crippen molar-refractivity contribution < 1.29 is 28.7 Å². The standard InChI is InChI=1S/C21H23NO6/c1-2-27-15-9-7-14(8-10-15)18(23)13-28-19(24)11-12-22-20(25)16-5-3-4-6-17(16)21(22)26/h3-4,7-10,16-17H,2,5-6,11-13H2,1H3/t16-,17+. The highest BCUT2D eigenvalue weighted by Gasteiger charge is 2.46. The van der Waals surface area contributed by atoms with Gasteiger partial charge >= 0.3 is 5.97 Å². The highest BCUT2D eigenvalue weighted by atomic mass is 16.5. The zero-order valence-corrected chi connectivity index (χ0v) is 15.8. The van der Waals surface area contributed by atoms with Gasteiger partial charge in [-0.3, -0.25) is 24.1 Å². The lowest BCUT2D eigenvalue weighted by Gasteiger charge is -2.14. The molecule has 1 saturated heterocycles. The Bertz CT molecular complexity index is 772. The fourth-order valence-electron chi connectivity index (χ4n) is 3.50. The molecule has 1 aliphatic heterocycles. The van der Waals surface area contributed by atoms with Crippen LogP contribution in [0.25, 0.3) is 0 Å². The average Bonchev–Trinajstić information content (AvgIpc) is 2.96. The van der Waals surface area contributed by atoms with Crippen molar-refractivity contribution in [3.05, 3.63) is 42.0 Å². The fraction of sp³-hybridized carbons (Fsp3) is 0.429. The number of amides is 2. The highest BCUT2D eigenvalue weighted by Crippen LogP contribution is 2.35. The molecule has 0 saturated carbocycles. The molecule has 0 bridgehead atoms. The van der Waals surface area contributed by atoms with Crippen molar-refractivity contribution in [3.63, 3.8) is 0 Å². The number of hydrogen-bond donors (Lipinski definition) is 0. The van der Waals surface area contributed by atoms with Gasteiger partial charge in [0.15, 0.2) is 12.4 Å². The topological polar surface area (TPSA) is 90.0 Å². The average molecular weight is 385 g/mol. The molecule has 28 heavy (non-hydrogen) atoms. The summed E-state index contributed by atoms with van der Waals surface area (Å²) in [6.07, 6.45) is 4.83. The molecule has 7 nitrogen and oxygen atoms in total. The maximum atomic E-state index is 12.3. The van der Waals surface area contributed by atoms with E-state index >= 15 is 0 Å². The number of hydrogen-bond acceptors (Lipinski definition) is 6. The Hall–Kier alpha value is -2.96. The minimum absolute atomic E-state index is 0.0132. The zero-order valence-electron chi connectivity index (χ0n) is 15.8. The Morgan fingerprint density at radius 2 is 1.64 bits per heavy atom. The molecule has 0 unspecified atom stereocenters. The number of ether oxygens (including phenoxy) is 2. The van der Waals surface area contributed by atoms with Gasteiger partial charge in [-0.25, -0.2) is 0 Å². The first-order chi connectivity index (χ1) is 13.5. The van der Waals surface area contributed by atoms with E-state index in [1.165, 1.54) is 0 Å². The summed E-state index contributed by atoms with van der Waals surface area (Å²) in [6, 6.07) is 6.58. The molecule has 7 heteroatoms. The van der Waals surface area contributed by atoms with Crippen LogP contribution >= 0.6 is 0 Å². The van der Waals surface area contributed by atoms with Crippen LogP contribution in [0.1, 0.15) is 36.5 Å². The first-order valence-corrected chi connectivity index (χ1v) is 9.43. The van der Waals surface area contributed by atoms with Gasteiger partial charge in [-0.2, -0.15) is 0 Å². The number of likely N-dealkylation sites (tertiary alicyclic amines) is 1. The summed E-state index contributed by atoms with van der Waals surface area (Å²) in [5, 5.41) is 0. The first-order valence-electron chi connectivity index (χ1n) is 9.43. The lowest BCUT2D eigenvalue weighted by atomic mass is 9.85. The van der Waals surface area contributed by atoms with Gasteiger partial charge in [0.05, 0.1) is 24.9 Å². The highest BCUT2D eigenvalue weighted by molar-refractivity contribution is 6.05. The number of imide groups is 1. The normalized spacial score (nSPS) is 20.8. The molecule has 0 spiro atoms. The number of carbonyl (C=O) groups is 4. The SMILES string of the molecule is CCOc1ccc(C(=O)COC(=O)CCN2C(=O)[C@H]3CC=CC[C@H]3C2=O)cc1. The van der Waals surface area contributed by atoms with Crippen LogP contribution in [0.3, 0.4) is 0 Å². The second-order valence-corrected chi connectivity index (χ2v) is 6.78. The van der Waals surface area contributed by atoms with Crippen LogP contribution in [-0.4, -0.2) is 48.2 Å². The Balaban J connectivity index is 1.45. The largest absolute Gasteiger partial charge is 0.494 e. The zero-order chi connectivity index (χ0) is 20.1. The number of ketones is 1. The van der Waals surface area contributed by atoms with Gasteiger partial charge < -0.3 is 9.47 Å². The predicted octanol–water partition coefficient (Wildman–Crippen LogP) is 2.15. The smallest absolute Gasteiger partial charge is 0.308 e. The quantitative estimate of drug-likeness (QED) is 0.295. The number of fused-ring (bicyclic) bond motifs is 1. The molecule has 1 aliphatic carbocycles. The van der Waals surface area contributed by atoms with Crippen molar-refractivity contribution in [3.8, 4) is 5.75 Å². The van der Waals surface area contributed by atoms with E-state index in [1.807, 2.05) is 19.1 Å². The first kappa shape index (κ1) is 19.8. The van der Waals surface area contributed by atoms with Crippen LogP contribution in [0.4, 0.5) is 0 Å². The van der Waals surface area contributed by atoms with Crippen molar-refractivity contribution in [1.29, 1.82) is 0 Å². The number of carbonyl (C=O) groups excluding carboxylic acids is 4. The van der Waals surface area contributed by atoms with Crippen LogP contribution < -0.4 is 4.74 Å². The van der Waals surface area contributed by atoms with E-state index in [0.717, 1.165) is 4.90 Å². The minimum Gasteiger partial charge on any atom is -0.494 e. The third-order valence-corrected chi connectivity index (χ3v) is 4.99. The molecule has 148 valence electrons. The monoisotopic (exact) mass is 385 g/mol. The number of esters is 1. The van der Waals surface area contributed by atoms with Crippen molar-refractivity contribution >= 4 is 23.6 Å². The lowest BCUT2D eigenvalue weighted by Crippen LogP contribution is -2.33. The summed E-state index contributed by atoms with van der Waals surface area (Å²) in [7, 11) is 0. The molecule has 1 aromatic rings. The summed E-state index contributed by atoms with van der Waals surface area (Å²) in [4.78, 5) is 49.9. The molecular weight excluding hydrogens is 362 g/mol. The fourth-order valence-corrected chi connectivity index (χ4v) is 3.50. The molecule has 0 aromatic heterocycles. The van der Waals surface area contributed by atoms with Gasteiger partial charge in [-0.15, -0.1) is 0 Å². The van der Waals surface area contributed by atoms with E-state index in [9.17, 15) is 19.2 Å². The van der Waals surface area contributed by atoms with E-state index in [4.69, 9.17) is 9.47 Å². The van der Waals surface area contributed by atoms with E-state index in [2.05, 4.69) is 0 Å². The van der Waals surface area contributed by atoms with E-state index in [0.29, 0.717) is 30.8 Å². The van der Waals surface area contributed by atoms with Gasteiger partial charge in [0.25, 0.3) is 0 Å². The summed E-state index contributed by atoms with van der Waals surface area (Å²) >= 11 is 0. The van der Waals surface area contributed by atoms with Gasteiger partial charge in [0.1, 0.15) is 5.75 Å². The molecule has 2 aliphatic rings. The van der Waals surface area contributed by atoms with E-state index < -0.39 is 5.97 Å². The Kier molecular flexibility index (Phi) is 6.23. The van der Waals surface area contributed by atoms with Crippen molar-refractivity contribution in [2.45, 2.75) is 26.2 Å². The minimum atomic E-state index is -0.618. The summed E-state index contributed by atoms with van der Waals surface area (Å²) in [5.41, 5.74) is 0.415. The van der Waals surface area contributed by atoms with Crippen LogP contribution in [0.15, 0.2) is 36.4 Å². The maximum Gasteiger partial charge on any atom is 0.308 e. The third kappa shape index (κ3) is 4.30. The third-order valence-electron chi connectivity index (χ3n) is 4.99. The molecule has 1 aromatic carbocycles. The molecule has 2 amide bonds. The summed E-state index contributed by atoms with van der Waals surface area (Å²) in [5.74, 6) is -1.36. The molecule has 1 heterocycles. The van der Waals surface area contributed by atoms with Crippen molar-refractivity contribution in [1.82, 2.24) is 4.90 Å². The molecule has 1 fully saturated rings. The lowest BCUT2D eigenvalue weighted by molar-refractivity contribution is -0.145. The van der Waals surface area contributed by atoms with Crippen molar-refractivity contribution in [2.75, 3.05) is 19.8 Å². The van der Waals surface area contributed by atoms with Crippen LogP contribution in [0, 0.1) is 11.8 Å². The second-order valence-electron chi connectivity index (χ2n) is 6.78. The molecule has 3 rings (SSSR count). The maximum absolute atomic E-state index is 12.3. The second kappa shape index (κ2) is 8.82. The molecule has 0 N–H and O–H groups in total. The Morgan fingerprint density at radius 1 is 1.04 bits per heavy atom. The van der Waals surface area contributed by atoms with Gasteiger partial charge in [-0.1, -0.05) is 12.2 Å². The van der Waals surface area contributed by atoms with Crippen LogP contribution in [0.2, 0.25) is 0 Å².